The summed E-state index contributed by atoms with van der Waals surface area (Å²) in [5, 5.41) is 8.49. The van der Waals surface area contributed by atoms with Gasteiger partial charge in [0, 0.05) is 25.9 Å². The van der Waals surface area contributed by atoms with E-state index in [1.807, 2.05) is 0 Å². The Morgan fingerprint density at radius 2 is 1.13 bits per heavy atom. The van der Waals surface area contributed by atoms with E-state index in [0.29, 0.717) is 0 Å². The van der Waals surface area contributed by atoms with Gasteiger partial charge in [0.15, 0.2) is 0 Å². The van der Waals surface area contributed by atoms with Crippen molar-refractivity contribution in [3.63, 3.8) is 0 Å². The molecule has 0 spiro atoms. The standard InChI is InChI=1S/C20H30O2.Zn/c1-2-3-4-5-6-7-8-9-10-11-12-13-14-15-16-17-18-19-20(21)22;/h3-4,6-7,9-10,12-13,15-16H,2,5,8,11,14,17-19H2,1H3,(H,21,22);/b4-3-,7-6-,10-9-,13-12-,16-15-;. The summed E-state index contributed by atoms with van der Waals surface area (Å²) in [6.45, 7) is 2.14. The van der Waals surface area contributed by atoms with E-state index in [2.05, 4.69) is 67.7 Å². The van der Waals surface area contributed by atoms with E-state index >= 15 is 0 Å². The molecule has 0 bridgehead atoms. The van der Waals surface area contributed by atoms with Crippen LogP contribution >= 0.6 is 0 Å². The van der Waals surface area contributed by atoms with Crippen molar-refractivity contribution in [3.8, 4) is 0 Å². The van der Waals surface area contributed by atoms with Gasteiger partial charge in [0.25, 0.3) is 0 Å². The minimum absolute atomic E-state index is 0. The average molecular weight is 368 g/mol. The van der Waals surface area contributed by atoms with Gasteiger partial charge >= 0.3 is 5.97 Å². The molecular weight excluding hydrogens is 338 g/mol. The predicted octanol–water partition coefficient (Wildman–Crippen LogP) is 5.99. The van der Waals surface area contributed by atoms with Gasteiger partial charge in [-0.25, -0.2) is 0 Å². The molecule has 124 valence electrons. The molecule has 2 nitrogen and oxygen atoms in total. The van der Waals surface area contributed by atoms with E-state index in [9.17, 15) is 4.79 Å². The second kappa shape index (κ2) is 20.8. The number of carboxylic acid groups (broad SMARTS) is 1. The van der Waals surface area contributed by atoms with Gasteiger partial charge in [-0.15, -0.1) is 0 Å². The minimum Gasteiger partial charge on any atom is -0.481 e. The molecule has 0 aliphatic rings. The van der Waals surface area contributed by atoms with E-state index < -0.39 is 5.97 Å². The van der Waals surface area contributed by atoms with Gasteiger partial charge in [-0.1, -0.05) is 67.7 Å². The van der Waals surface area contributed by atoms with Crippen molar-refractivity contribution in [2.24, 2.45) is 0 Å². The van der Waals surface area contributed by atoms with E-state index in [1.54, 1.807) is 0 Å². The third-order valence-electron chi connectivity index (χ3n) is 2.92. The van der Waals surface area contributed by atoms with Crippen LogP contribution in [0.15, 0.2) is 60.8 Å². The molecule has 0 fully saturated rings. The summed E-state index contributed by atoms with van der Waals surface area (Å²) in [4.78, 5) is 10.3. The van der Waals surface area contributed by atoms with Gasteiger partial charge in [0.1, 0.15) is 0 Å². The van der Waals surface area contributed by atoms with Crippen molar-refractivity contribution in [1.29, 1.82) is 0 Å². The number of rotatable bonds is 13. The molecule has 0 aromatic heterocycles. The van der Waals surface area contributed by atoms with Crippen molar-refractivity contribution < 1.29 is 29.4 Å². The van der Waals surface area contributed by atoms with Crippen molar-refractivity contribution in [2.45, 2.75) is 58.3 Å². The zero-order valence-corrected chi connectivity index (χ0v) is 17.5. The topological polar surface area (TPSA) is 37.3 Å². The fraction of sp³-hybridized carbons (Fsp3) is 0.450. The van der Waals surface area contributed by atoms with Crippen LogP contribution in [0.5, 0.6) is 0 Å². The van der Waals surface area contributed by atoms with Crippen LogP contribution in [0.25, 0.3) is 0 Å². The SMILES string of the molecule is CC/C=C\C/C=C\C/C=C\C/C=C\C/C=C\CCCC(=O)O.[Zn]. The van der Waals surface area contributed by atoms with E-state index in [1.165, 1.54) is 0 Å². The molecule has 0 aliphatic heterocycles. The largest absolute Gasteiger partial charge is 0.481 e. The summed E-state index contributed by atoms with van der Waals surface area (Å²) in [6.07, 6.45) is 28.4. The summed E-state index contributed by atoms with van der Waals surface area (Å²) in [5.41, 5.74) is 0. The summed E-state index contributed by atoms with van der Waals surface area (Å²) < 4.78 is 0. The smallest absolute Gasteiger partial charge is 0.303 e. The van der Waals surface area contributed by atoms with Crippen molar-refractivity contribution in [2.75, 3.05) is 0 Å². The van der Waals surface area contributed by atoms with E-state index in [-0.39, 0.29) is 25.9 Å². The van der Waals surface area contributed by atoms with Crippen LogP contribution in [0.3, 0.4) is 0 Å². The molecule has 0 saturated carbocycles. The van der Waals surface area contributed by atoms with Crippen LogP contribution in [0.4, 0.5) is 0 Å². The first-order valence-corrected chi connectivity index (χ1v) is 8.24. The Morgan fingerprint density at radius 3 is 1.52 bits per heavy atom. The molecule has 0 rings (SSSR count). The second-order valence-corrected chi connectivity index (χ2v) is 4.99. The molecule has 23 heavy (non-hydrogen) atoms. The second-order valence-electron chi connectivity index (χ2n) is 4.99. The molecule has 0 aromatic rings. The number of hydrogen-bond donors (Lipinski definition) is 1. The van der Waals surface area contributed by atoms with Crippen LogP contribution in [0.2, 0.25) is 0 Å². The molecule has 0 aromatic carbocycles. The Labute approximate surface area is 154 Å². The van der Waals surface area contributed by atoms with Crippen LogP contribution in [0, 0.1) is 0 Å². The number of aliphatic carboxylic acids is 1. The first-order valence-electron chi connectivity index (χ1n) is 8.24. The van der Waals surface area contributed by atoms with Gasteiger partial charge in [0.05, 0.1) is 0 Å². The number of carboxylic acids is 1. The van der Waals surface area contributed by atoms with Gasteiger partial charge in [-0.05, 0) is 44.9 Å². The quantitative estimate of drug-likeness (QED) is 0.246. The van der Waals surface area contributed by atoms with Crippen LogP contribution < -0.4 is 0 Å². The van der Waals surface area contributed by atoms with Crippen molar-refractivity contribution >= 4 is 5.97 Å². The van der Waals surface area contributed by atoms with Crippen molar-refractivity contribution in [3.05, 3.63) is 60.8 Å². The monoisotopic (exact) mass is 366 g/mol. The summed E-state index contributed by atoms with van der Waals surface area (Å²) in [7, 11) is 0. The molecular formula is C20H30O2Zn. The molecule has 0 amide bonds. The molecule has 3 heteroatoms. The third-order valence-corrected chi connectivity index (χ3v) is 2.92. The third kappa shape index (κ3) is 23.2. The number of carbonyl (C=O) groups is 1. The first kappa shape index (κ1) is 24.1. The Hall–Kier alpha value is -1.21. The molecule has 0 saturated heterocycles. The summed E-state index contributed by atoms with van der Waals surface area (Å²) >= 11 is 0. The maximum absolute atomic E-state index is 10.3. The first-order chi connectivity index (χ1) is 10.8. The molecule has 0 atom stereocenters. The Kier molecular flexibility index (Phi) is 21.7. The van der Waals surface area contributed by atoms with E-state index in [4.69, 9.17) is 5.11 Å². The summed E-state index contributed by atoms with van der Waals surface area (Å²) in [5.74, 6) is -0.715. The van der Waals surface area contributed by atoms with Gasteiger partial charge in [-0.2, -0.15) is 0 Å². The maximum atomic E-state index is 10.3. The average Bonchev–Trinajstić information content (AvgIpc) is 2.50. The molecule has 0 aliphatic carbocycles. The zero-order valence-electron chi connectivity index (χ0n) is 14.5. The normalized spacial score (nSPS) is 12.2. The van der Waals surface area contributed by atoms with E-state index in [0.717, 1.165) is 44.9 Å². The Morgan fingerprint density at radius 1 is 0.739 bits per heavy atom. The Bertz CT molecular complexity index is 404. The fourth-order valence-electron chi connectivity index (χ4n) is 1.74. The van der Waals surface area contributed by atoms with Gasteiger partial charge in [-0.3, -0.25) is 4.79 Å². The molecule has 0 unspecified atom stereocenters. The van der Waals surface area contributed by atoms with Crippen molar-refractivity contribution in [1.82, 2.24) is 0 Å². The van der Waals surface area contributed by atoms with Crippen LogP contribution in [0.1, 0.15) is 58.3 Å². The molecule has 0 radical (unpaired) electrons. The van der Waals surface area contributed by atoms with Crippen LogP contribution in [-0.2, 0) is 24.3 Å². The fourth-order valence-corrected chi connectivity index (χ4v) is 1.74. The summed E-state index contributed by atoms with van der Waals surface area (Å²) in [6, 6.07) is 0. The van der Waals surface area contributed by atoms with Gasteiger partial charge < -0.3 is 5.11 Å². The Balaban J connectivity index is 0. The number of allylic oxidation sites excluding steroid dienone is 10. The maximum Gasteiger partial charge on any atom is 0.303 e. The molecule has 0 heterocycles. The number of hydrogen-bond acceptors (Lipinski definition) is 1. The predicted molar refractivity (Wildman–Crippen MR) is 95.9 cm³/mol. The minimum atomic E-state index is -0.715. The zero-order chi connectivity index (χ0) is 16.3. The van der Waals surface area contributed by atoms with Gasteiger partial charge in [0.2, 0.25) is 0 Å². The van der Waals surface area contributed by atoms with Crippen LogP contribution in [-0.4, -0.2) is 11.1 Å². The molecule has 1 N–H and O–H groups in total. The number of unbranched alkanes of at least 4 members (excludes halogenated alkanes) is 1.